The van der Waals surface area contributed by atoms with E-state index in [2.05, 4.69) is 5.32 Å². The second kappa shape index (κ2) is 3.26. The summed E-state index contributed by atoms with van der Waals surface area (Å²) in [4.78, 5) is 14.0. The van der Waals surface area contributed by atoms with Crippen molar-refractivity contribution in [2.24, 2.45) is 0 Å². The lowest BCUT2D eigenvalue weighted by Crippen LogP contribution is -2.50. The maximum Gasteiger partial charge on any atom is 0.257 e. The van der Waals surface area contributed by atoms with Crippen LogP contribution in [-0.4, -0.2) is 23.0 Å². The Bertz CT molecular complexity index is 393. The van der Waals surface area contributed by atoms with Gasteiger partial charge in [-0.3, -0.25) is 4.79 Å². The van der Waals surface area contributed by atoms with E-state index in [1.165, 1.54) is 0 Å². The Labute approximate surface area is 90.1 Å². The van der Waals surface area contributed by atoms with Crippen molar-refractivity contribution < 1.29 is 4.79 Å². The van der Waals surface area contributed by atoms with Crippen LogP contribution in [0.3, 0.4) is 0 Å². The molecular formula is C12H16N2O. The van der Waals surface area contributed by atoms with Crippen LogP contribution in [0.1, 0.15) is 31.1 Å². The molecule has 0 unspecified atom stereocenters. The van der Waals surface area contributed by atoms with Crippen LogP contribution in [0.4, 0.5) is 5.69 Å². The molecule has 1 aromatic rings. The number of carbonyl (C=O) groups excluding carboxylic acids is 1. The molecule has 1 aliphatic heterocycles. The Balaban J connectivity index is 2.38. The molecule has 0 aliphatic carbocycles. The molecule has 2 rings (SSSR count). The molecule has 0 spiro atoms. The highest BCUT2D eigenvalue weighted by Gasteiger charge is 2.31. The molecule has 0 radical (unpaired) electrons. The van der Waals surface area contributed by atoms with Crippen molar-refractivity contribution in [2.45, 2.75) is 26.3 Å². The van der Waals surface area contributed by atoms with Crippen LogP contribution < -0.4 is 5.32 Å². The molecule has 0 atom stereocenters. The number of hydrogen-bond acceptors (Lipinski definition) is 2. The predicted octanol–water partition coefficient (Wildman–Crippen LogP) is 2.31. The van der Waals surface area contributed by atoms with E-state index in [1.807, 2.05) is 49.9 Å². The van der Waals surface area contributed by atoms with Crippen molar-refractivity contribution in [3.05, 3.63) is 29.8 Å². The van der Waals surface area contributed by atoms with E-state index in [0.29, 0.717) is 6.67 Å². The minimum absolute atomic E-state index is 0.108. The summed E-state index contributed by atoms with van der Waals surface area (Å²) in [6.07, 6.45) is 0. The minimum atomic E-state index is -0.141. The van der Waals surface area contributed by atoms with E-state index in [9.17, 15) is 4.79 Å². The highest BCUT2D eigenvalue weighted by atomic mass is 16.2. The van der Waals surface area contributed by atoms with Gasteiger partial charge in [0.05, 0.1) is 12.2 Å². The number of nitrogens with one attached hydrogen (secondary N) is 1. The third kappa shape index (κ3) is 1.69. The quantitative estimate of drug-likeness (QED) is 0.703. The Kier molecular flexibility index (Phi) is 2.18. The average molecular weight is 204 g/mol. The molecule has 0 aromatic heterocycles. The largest absolute Gasteiger partial charge is 0.367 e. The number of nitrogens with zero attached hydrogens (tertiary/aromatic N) is 1. The molecule has 0 bridgehead atoms. The number of amides is 1. The molecule has 1 aliphatic rings. The third-order valence-corrected chi connectivity index (χ3v) is 2.64. The van der Waals surface area contributed by atoms with E-state index in [1.54, 1.807) is 0 Å². The van der Waals surface area contributed by atoms with Gasteiger partial charge in [-0.25, -0.2) is 0 Å². The molecule has 0 saturated carbocycles. The van der Waals surface area contributed by atoms with Crippen LogP contribution >= 0.6 is 0 Å². The standard InChI is InChI=1S/C12H16N2O/c1-12(2,3)14-8-13-10-7-5-4-6-9(10)11(14)15/h4-7,13H,8H2,1-3H3. The van der Waals surface area contributed by atoms with E-state index in [0.717, 1.165) is 11.3 Å². The zero-order chi connectivity index (χ0) is 11.1. The summed E-state index contributed by atoms with van der Waals surface area (Å²) in [5.74, 6) is 0.108. The maximum atomic E-state index is 12.1. The van der Waals surface area contributed by atoms with E-state index in [-0.39, 0.29) is 11.4 Å². The molecule has 1 heterocycles. The first kappa shape index (κ1) is 10.0. The van der Waals surface area contributed by atoms with E-state index < -0.39 is 0 Å². The fourth-order valence-corrected chi connectivity index (χ4v) is 1.75. The van der Waals surface area contributed by atoms with Gasteiger partial charge in [-0.15, -0.1) is 0 Å². The van der Waals surface area contributed by atoms with E-state index >= 15 is 0 Å². The van der Waals surface area contributed by atoms with Gasteiger partial charge in [-0.05, 0) is 32.9 Å². The lowest BCUT2D eigenvalue weighted by molar-refractivity contribution is 0.0591. The number of benzene rings is 1. The molecule has 15 heavy (non-hydrogen) atoms. The van der Waals surface area contributed by atoms with Crippen molar-refractivity contribution in [3.63, 3.8) is 0 Å². The molecule has 3 heteroatoms. The topological polar surface area (TPSA) is 32.3 Å². The summed E-state index contributed by atoms with van der Waals surface area (Å²) < 4.78 is 0. The number of para-hydroxylation sites is 1. The minimum Gasteiger partial charge on any atom is -0.367 e. The van der Waals surface area contributed by atoms with Gasteiger partial charge in [0.2, 0.25) is 0 Å². The van der Waals surface area contributed by atoms with Gasteiger partial charge in [0.15, 0.2) is 0 Å². The van der Waals surface area contributed by atoms with Gasteiger partial charge < -0.3 is 10.2 Å². The van der Waals surface area contributed by atoms with Crippen molar-refractivity contribution in [1.29, 1.82) is 0 Å². The second-order valence-corrected chi connectivity index (χ2v) is 4.78. The smallest absolute Gasteiger partial charge is 0.257 e. The number of hydrogen-bond donors (Lipinski definition) is 1. The summed E-state index contributed by atoms with van der Waals surface area (Å²) in [5, 5.41) is 3.25. The number of anilines is 1. The van der Waals surface area contributed by atoms with Gasteiger partial charge in [0.1, 0.15) is 0 Å². The molecule has 1 aromatic carbocycles. The third-order valence-electron chi connectivity index (χ3n) is 2.64. The van der Waals surface area contributed by atoms with E-state index in [4.69, 9.17) is 0 Å². The average Bonchev–Trinajstić information content (AvgIpc) is 2.16. The molecule has 3 nitrogen and oxygen atoms in total. The first-order chi connectivity index (χ1) is 7.00. The van der Waals surface area contributed by atoms with Crippen LogP contribution in [0.2, 0.25) is 0 Å². The second-order valence-electron chi connectivity index (χ2n) is 4.78. The molecule has 0 saturated heterocycles. The summed E-state index contributed by atoms with van der Waals surface area (Å²) >= 11 is 0. The fourth-order valence-electron chi connectivity index (χ4n) is 1.75. The first-order valence-corrected chi connectivity index (χ1v) is 5.15. The van der Waals surface area contributed by atoms with Crippen LogP contribution in [0.25, 0.3) is 0 Å². The Hall–Kier alpha value is -1.51. The highest BCUT2D eigenvalue weighted by molar-refractivity contribution is 6.01. The maximum absolute atomic E-state index is 12.1. The summed E-state index contributed by atoms with van der Waals surface area (Å²) in [6, 6.07) is 7.63. The lowest BCUT2D eigenvalue weighted by atomic mass is 10.0. The lowest BCUT2D eigenvalue weighted by Gasteiger charge is -2.39. The van der Waals surface area contributed by atoms with Gasteiger partial charge in [-0.1, -0.05) is 12.1 Å². The zero-order valence-corrected chi connectivity index (χ0v) is 9.37. The van der Waals surface area contributed by atoms with Crippen molar-refractivity contribution in [3.8, 4) is 0 Å². The zero-order valence-electron chi connectivity index (χ0n) is 9.37. The Morgan fingerprint density at radius 2 is 1.93 bits per heavy atom. The molecule has 1 amide bonds. The van der Waals surface area contributed by atoms with Crippen molar-refractivity contribution in [1.82, 2.24) is 4.90 Å². The number of rotatable bonds is 0. The van der Waals surface area contributed by atoms with Crippen molar-refractivity contribution >= 4 is 11.6 Å². The molecular weight excluding hydrogens is 188 g/mol. The van der Waals surface area contributed by atoms with Gasteiger partial charge in [-0.2, -0.15) is 0 Å². The summed E-state index contributed by atoms with van der Waals surface area (Å²) in [7, 11) is 0. The highest BCUT2D eigenvalue weighted by Crippen LogP contribution is 2.26. The van der Waals surface area contributed by atoms with Crippen molar-refractivity contribution in [2.75, 3.05) is 12.0 Å². The molecule has 80 valence electrons. The van der Waals surface area contributed by atoms with Crippen LogP contribution in [0.15, 0.2) is 24.3 Å². The predicted molar refractivity (Wildman–Crippen MR) is 60.9 cm³/mol. The number of fused-ring (bicyclic) bond motifs is 1. The van der Waals surface area contributed by atoms with Crippen LogP contribution in [0.5, 0.6) is 0 Å². The Morgan fingerprint density at radius 1 is 1.27 bits per heavy atom. The molecule has 1 N–H and O–H groups in total. The summed E-state index contributed by atoms with van der Waals surface area (Å²) in [6.45, 7) is 6.71. The Morgan fingerprint density at radius 3 is 2.60 bits per heavy atom. The van der Waals surface area contributed by atoms with Gasteiger partial charge in [0.25, 0.3) is 5.91 Å². The van der Waals surface area contributed by atoms with Crippen LogP contribution in [0, 0.1) is 0 Å². The normalized spacial score (nSPS) is 15.9. The molecule has 0 fully saturated rings. The monoisotopic (exact) mass is 204 g/mol. The van der Waals surface area contributed by atoms with Gasteiger partial charge in [0, 0.05) is 11.2 Å². The number of carbonyl (C=O) groups is 1. The van der Waals surface area contributed by atoms with Crippen LogP contribution in [-0.2, 0) is 0 Å². The van der Waals surface area contributed by atoms with Gasteiger partial charge >= 0.3 is 0 Å². The SMILES string of the molecule is CC(C)(C)N1CNc2ccccc2C1=O. The first-order valence-electron chi connectivity index (χ1n) is 5.15. The summed E-state index contributed by atoms with van der Waals surface area (Å²) in [5.41, 5.74) is 1.55. The fraction of sp³-hybridized carbons (Fsp3) is 0.417.